The molecule has 0 spiro atoms. The number of H-pyrrole nitrogens is 1. The number of hydrogen-bond donors (Lipinski definition) is 1. The summed E-state index contributed by atoms with van der Waals surface area (Å²) >= 11 is 2.03. The van der Waals surface area contributed by atoms with E-state index in [1.807, 2.05) is 11.8 Å². The van der Waals surface area contributed by atoms with Crippen LogP contribution in [0.3, 0.4) is 0 Å². The number of aromatic nitrogens is 2. The molecule has 1 N–H and O–H groups in total. The van der Waals surface area contributed by atoms with E-state index in [1.165, 1.54) is 36.5 Å². The van der Waals surface area contributed by atoms with Crippen LogP contribution in [0.25, 0.3) is 11.3 Å². The van der Waals surface area contributed by atoms with Crippen LogP contribution in [0.2, 0.25) is 0 Å². The molecule has 1 aromatic heterocycles. The maximum Gasteiger partial charge on any atom is 0.159 e. The third-order valence-corrected chi connectivity index (χ3v) is 5.91. The predicted octanol–water partition coefficient (Wildman–Crippen LogP) is 3.61. The highest BCUT2D eigenvalue weighted by Crippen LogP contribution is 2.32. The minimum atomic E-state index is -0.823. The van der Waals surface area contributed by atoms with E-state index in [-0.39, 0.29) is 0 Å². The topological polar surface area (TPSA) is 31.9 Å². The molecule has 0 bridgehead atoms. The summed E-state index contributed by atoms with van der Waals surface area (Å²) < 4.78 is 26.7. The summed E-state index contributed by atoms with van der Waals surface area (Å²) in [6.45, 7) is 1.89. The average Bonchev–Trinajstić information content (AvgIpc) is 3.01. The minimum Gasteiger partial charge on any atom is -0.296 e. The lowest BCUT2D eigenvalue weighted by Gasteiger charge is -2.36. The molecule has 1 saturated heterocycles. The molecule has 4 rings (SSSR count). The van der Waals surface area contributed by atoms with Gasteiger partial charge in [0.1, 0.15) is 0 Å². The van der Waals surface area contributed by atoms with Crippen molar-refractivity contribution in [2.45, 2.75) is 31.8 Å². The molecular weight excluding hydrogens is 316 g/mol. The van der Waals surface area contributed by atoms with Gasteiger partial charge in [0, 0.05) is 42.4 Å². The number of rotatable bonds is 2. The second-order valence-electron chi connectivity index (χ2n) is 6.22. The van der Waals surface area contributed by atoms with Crippen molar-refractivity contribution in [1.82, 2.24) is 15.1 Å². The number of hydrogen-bond acceptors (Lipinski definition) is 3. The summed E-state index contributed by atoms with van der Waals surface area (Å²) in [7, 11) is 0. The third-order valence-electron chi connectivity index (χ3n) is 4.86. The van der Waals surface area contributed by atoms with Crippen LogP contribution in [0.4, 0.5) is 8.78 Å². The first-order valence-corrected chi connectivity index (χ1v) is 9.21. The van der Waals surface area contributed by atoms with Gasteiger partial charge in [-0.3, -0.25) is 10.00 Å². The van der Waals surface area contributed by atoms with E-state index in [9.17, 15) is 8.78 Å². The van der Waals surface area contributed by atoms with Crippen molar-refractivity contribution in [1.29, 1.82) is 0 Å². The summed E-state index contributed by atoms with van der Waals surface area (Å²) in [6.07, 6.45) is 3.41. The standard InChI is InChI=1S/C17H19F2N3S/c18-14-2-1-11(9-15(14)19)17-13-10-22(6-3-16(13)20-21-17)12-4-7-23-8-5-12/h1-2,9,12H,3-8,10H2,(H,20,21). The van der Waals surface area contributed by atoms with Gasteiger partial charge in [-0.1, -0.05) is 0 Å². The highest BCUT2D eigenvalue weighted by Gasteiger charge is 2.28. The van der Waals surface area contributed by atoms with Gasteiger partial charge in [0.05, 0.1) is 5.69 Å². The lowest BCUT2D eigenvalue weighted by atomic mass is 9.98. The molecule has 0 atom stereocenters. The molecule has 1 fully saturated rings. The fraction of sp³-hybridized carbons (Fsp3) is 0.471. The molecule has 2 aliphatic heterocycles. The van der Waals surface area contributed by atoms with E-state index in [0.29, 0.717) is 11.6 Å². The van der Waals surface area contributed by atoms with Gasteiger partial charge in [-0.25, -0.2) is 8.78 Å². The minimum absolute atomic E-state index is 0.636. The van der Waals surface area contributed by atoms with Gasteiger partial charge in [0.25, 0.3) is 0 Å². The fourth-order valence-electron chi connectivity index (χ4n) is 3.56. The Bertz CT molecular complexity index is 710. The van der Waals surface area contributed by atoms with Gasteiger partial charge in [-0.05, 0) is 42.5 Å². The Morgan fingerprint density at radius 1 is 1.17 bits per heavy atom. The number of nitrogens with zero attached hydrogens (tertiary/aromatic N) is 2. The van der Waals surface area contributed by atoms with Crippen molar-refractivity contribution in [3.8, 4) is 11.3 Å². The van der Waals surface area contributed by atoms with E-state index in [4.69, 9.17) is 0 Å². The first-order chi connectivity index (χ1) is 11.2. The van der Waals surface area contributed by atoms with Crippen LogP contribution in [0.15, 0.2) is 18.2 Å². The number of aromatic amines is 1. The number of benzene rings is 1. The van der Waals surface area contributed by atoms with Crippen molar-refractivity contribution in [2.24, 2.45) is 0 Å². The number of thioether (sulfide) groups is 1. The smallest absolute Gasteiger partial charge is 0.159 e. The molecule has 6 heteroatoms. The van der Waals surface area contributed by atoms with Gasteiger partial charge in [-0.15, -0.1) is 0 Å². The summed E-state index contributed by atoms with van der Waals surface area (Å²) in [4.78, 5) is 2.53. The summed E-state index contributed by atoms with van der Waals surface area (Å²) in [6, 6.07) is 4.65. The fourth-order valence-corrected chi connectivity index (χ4v) is 4.64. The molecule has 0 radical (unpaired) electrons. The van der Waals surface area contributed by atoms with Crippen molar-refractivity contribution >= 4 is 11.8 Å². The normalized spacial score (nSPS) is 19.7. The van der Waals surface area contributed by atoms with Gasteiger partial charge in [-0.2, -0.15) is 16.9 Å². The van der Waals surface area contributed by atoms with Crippen LogP contribution in [0.1, 0.15) is 24.1 Å². The maximum absolute atomic E-state index is 13.5. The summed E-state index contributed by atoms with van der Waals surface area (Å²) in [5.41, 5.74) is 3.67. The van der Waals surface area contributed by atoms with Crippen molar-refractivity contribution in [2.75, 3.05) is 18.1 Å². The summed E-state index contributed by atoms with van der Waals surface area (Å²) in [5.74, 6) is 0.820. The molecule has 122 valence electrons. The lowest BCUT2D eigenvalue weighted by molar-refractivity contribution is 0.168. The zero-order valence-electron chi connectivity index (χ0n) is 12.8. The van der Waals surface area contributed by atoms with E-state index in [0.717, 1.165) is 36.5 Å². The highest BCUT2D eigenvalue weighted by atomic mass is 32.2. The quantitative estimate of drug-likeness (QED) is 0.910. The molecule has 0 saturated carbocycles. The number of fused-ring (bicyclic) bond motifs is 1. The molecule has 1 aromatic carbocycles. The zero-order valence-corrected chi connectivity index (χ0v) is 13.6. The Hall–Kier alpha value is -1.40. The van der Waals surface area contributed by atoms with E-state index in [2.05, 4.69) is 15.1 Å². The molecule has 2 aliphatic rings. The van der Waals surface area contributed by atoms with Gasteiger partial charge in [0.15, 0.2) is 11.6 Å². The largest absolute Gasteiger partial charge is 0.296 e. The predicted molar refractivity (Wildman–Crippen MR) is 88.4 cm³/mol. The Morgan fingerprint density at radius 3 is 2.78 bits per heavy atom. The summed E-state index contributed by atoms with van der Waals surface area (Å²) in [5, 5.41) is 7.46. The van der Waals surface area contributed by atoms with Crippen LogP contribution >= 0.6 is 11.8 Å². The van der Waals surface area contributed by atoms with Crippen LogP contribution < -0.4 is 0 Å². The van der Waals surface area contributed by atoms with Crippen LogP contribution in [0, 0.1) is 11.6 Å². The monoisotopic (exact) mass is 335 g/mol. The second kappa shape index (κ2) is 6.24. The van der Waals surface area contributed by atoms with E-state index >= 15 is 0 Å². The molecule has 0 amide bonds. The maximum atomic E-state index is 13.5. The van der Waals surface area contributed by atoms with E-state index < -0.39 is 11.6 Å². The van der Waals surface area contributed by atoms with Gasteiger partial charge in [0.2, 0.25) is 0 Å². The molecule has 3 heterocycles. The average molecular weight is 335 g/mol. The van der Waals surface area contributed by atoms with Crippen molar-refractivity contribution in [3.63, 3.8) is 0 Å². The first kappa shape index (κ1) is 15.1. The van der Waals surface area contributed by atoms with Crippen LogP contribution in [0.5, 0.6) is 0 Å². The van der Waals surface area contributed by atoms with Crippen LogP contribution in [-0.4, -0.2) is 39.2 Å². The first-order valence-electron chi connectivity index (χ1n) is 8.05. The second-order valence-corrected chi connectivity index (χ2v) is 7.45. The zero-order chi connectivity index (χ0) is 15.8. The Kier molecular flexibility index (Phi) is 4.11. The lowest BCUT2D eigenvalue weighted by Crippen LogP contribution is -2.41. The number of halogens is 2. The molecule has 23 heavy (non-hydrogen) atoms. The highest BCUT2D eigenvalue weighted by molar-refractivity contribution is 7.99. The molecule has 0 unspecified atom stereocenters. The van der Waals surface area contributed by atoms with Crippen LogP contribution in [-0.2, 0) is 13.0 Å². The Balaban J connectivity index is 1.62. The van der Waals surface area contributed by atoms with Gasteiger partial charge < -0.3 is 0 Å². The SMILES string of the molecule is Fc1ccc(-c2n[nH]c3c2CN(C2CCSCC2)CC3)cc1F. The molecule has 0 aliphatic carbocycles. The Labute approximate surface area is 138 Å². The molecule has 3 nitrogen and oxygen atoms in total. The van der Waals surface area contributed by atoms with Gasteiger partial charge >= 0.3 is 0 Å². The molecule has 2 aromatic rings. The molecular formula is C17H19F2N3S. The Morgan fingerprint density at radius 2 is 2.00 bits per heavy atom. The third kappa shape index (κ3) is 2.90. The number of nitrogens with one attached hydrogen (secondary N) is 1. The van der Waals surface area contributed by atoms with Crippen molar-refractivity contribution < 1.29 is 8.78 Å². The van der Waals surface area contributed by atoms with Crippen molar-refractivity contribution in [3.05, 3.63) is 41.1 Å². The van der Waals surface area contributed by atoms with E-state index in [1.54, 1.807) is 6.07 Å².